The van der Waals surface area contributed by atoms with Crippen LogP contribution in [0.4, 0.5) is 0 Å². The third kappa shape index (κ3) is 26.8. The van der Waals surface area contributed by atoms with Crippen molar-refractivity contribution >= 4 is 5.97 Å². The smallest absolute Gasteiger partial charge is 0.306 e. The van der Waals surface area contributed by atoms with Gasteiger partial charge in [0.25, 0.3) is 0 Å². The second kappa shape index (κ2) is 28.6. The highest BCUT2D eigenvalue weighted by Gasteiger charge is 2.13. The molecule has 0 aromatic carbocycles. The topological polar surface area (TPSA) is 55.8 Å². The monoisotopic (exact) mass is 490 g/mol. The average Bonchev–Trinajstić information content (AvgIpc) is 2.86. The number of aliphatic hydroxyl groups is 1. The summed E-state index contributed by atoms with van der Waals surface area (Å²) in [6, 6.07) is 0. The summed E-state index contributed by atoms with van der Waals surface area (Å²) in [5.41, 5.74) is 0. The molecule has 0 radical (unpaired) electrons. The van der Waals surface area contributed by atoms with Crippen molar-refractivity contribution in [1.82, 2.24) is 0 Å². The molecule has 0 saturated heterocycles. The molecule has 0 aromatic rings. The standard InChI is InChI=1S/C31H54O4/c1-3-5-7-9-11-13-14-15-16-17-19-21-23-25-27-34-29-30(28-32)35-31(33)26-24-22-20-18-12-10-8-6-4-2/h5,7,11,13,15-16,19,21,30,32H,3-4,6,8-10,12,14,17-18,20,22-29H2,1-2H3/b7-5-,13-11-,16-15-,21-19-. The van der Waals surface area contributed by atoms with Gasteiger partial charge >= 0.3 is 5.97 Å². The molecule has 0 amide bonds. The zero-order valence-electron chi connectivity index (χ0n) is 22.8. The van der Waals surface area contributed by atoms with Crippen LogP contribution in [0.2, 0.25) is 0 Å². The second-order valence-electron chi connectivity index (χ2n) is 9.09. The predicted octanol–water partition coefficient (Wildman–Crippen LogP) is 8.41. The van der Waals surface area contributed by atoms with Gasteiger partial charge in [-0.2, -0.15) is 0 Å². The van der Waals surface area contributed by atoms with E-state index in [4.69, 9.17) is 9.47 Å². The number of aliphatic hydroxyl groups excluding tert-OH is 1. The number of allylic oxidation sites excluding steroid dienone is 8. The maximum atomic E-state index is 12.0. The number of hydrogen-bond donors (Lipinski definition) is 1. The van der Waals surface area contributed by atoms with Crippen LogP contribution in [0, 0.1) is 0 Å². The summed E-state index contributed by atoms with van der Waals surface area (Å²) < 4.78 is 10.9. The lowest BCUT2D eigenvalue weighted by atomic mass is 10.1. The maximum absolute atomic E-state index is 12.0. The van der Waals surface area contributed by atoms with Crippen LogP contribution < -0.4 is 0 Å². The predicted molar refractivity (Wildman–Crippen MR) is 150 cm³/mol. The van der Waals surface area contributed by atoms with Gasteiger partial charge in [0.2, 0.25) is 0 Å². The van der Waals surface area contributed by atoms with Crippen molar-refractivity contribution in [3.8, 4) is 0 Å². The molecule has 0 aromatic heterocycles. The van der Waals surface area contributed by atoms with Gasteiger partial charge in [-0.25, -0.2) is 0 Å². The zero-order valence-corrected chi connectivity index (χ0v) is 22.8. The number of ether oxygens (including phenoxy) is 2. The summed E-state index contributed by atoms with van der Waals surface area (Å²) in [7, 11) is 0. The minimum atomic E-state index is -0.557. The Kier molecular flexibility index (Phi) is 27.2. The van der Waals surface area contributed by atoms with Crippen LogP contribution in [-0.2, 0) is 14.3 Å². The minimum absolute atomic E-state index is 0.194. The summed E-state index contributed by atoms with van der Waals surface area (Å²) in [6.07, 6.45) is 34.3. The van der Waals surface area contributed by atoms with E-state index < -0.39 is 6.10 Å². The molecule has 4 heteroatoms. The van der Waals surface area contributed by atoms with E-state index in [1.165, 1.54) is 44.9 Å². The largest absolute Gasteiger partial charge is 0.457 e. The van der Waals surface area contributed by atoms with E-state index in [9.17, 15) is 9.90 Å². The fraction of sp³-hybridized carbons (Fsp3) is 0.710. The molecule has 0 bridgehead atoms. The van der Waals surface area contributed by atoms with Gasteiger partial charge in [0.1, 0.15) is 6.10 Å². The zero-order chi connectivity index (χ0) is 25.7. The number of hydrogen-bond acceptors (Lipinski definition) is 4. The van der Waals surface area contributed by atoms with E-state index >= 15 is 0 Å². The average molecular weight is 491 g/mol. The van der Waals surface area contributed by atoms with Crippen LogP contribution in [0.1, 0.15) is 117 Å². The molecule has 1 unspecified atom stereocenters. The van der Waals surface area contributed by atoms with Gasteiger partial charge in [-0.3, -0.25) is 4.79 Å². The van der Waals surface area contributed by atoms with Crippen molar-refractivity contribution in [2.75, 3.05) is 19.8 Å². The molecular weight excluding hydrogens is 436 g/mol. The van der Waals surface area contributed by atoms with Crippen LogP contribution in [0.5, 0.6) is 0 Å². The van der Waals surface area contributed by atoms with E-state index in [-0.39, 0.29) is 19.2 Å². The van der Waals surface area contributed by atoms with Crippen molar-refractivity contribution in [1.29, 1.82) is 0 Å². The van der Waals surface area contributed by atoms with E-state index in [1.807, 2.05) is 0 Å². The molecule has 0 heterocycles. The molecule has 0 spiro atoms. The van der Waals surface area contributed by atoms with Gasteiger partial charge in [0, 0.05) is 13.0 Å². The summed E-state index contributed by atoms with van der Waals surface area (Å²) >= 11 is 0. The first-order valence-electron chi connectivity index (χ1n) is 14.2. The van der Waals surface area contributed by atoms with Crippen LogP contribution in [0.15, 0.2) is 48.6 Å². The summed E-state index contributed by atoms with van der Waals surface area (Å²) in [6.45, 7) is 5.05. The lowest BCUT2D eigenvalue weighted by Gasteiger charge is -2.15. The summed E-state index contributed by atoms with van der Waals surface area (Å²) in [4.78, 5) is 12.0. The lowest BCUT2D eigenvalue weighted by molar-refractivity contribution is -0.154. The van der Waals surface area contributed by atoms with Crippen LogP contribution in [0.3, 0.4) is 0 Å². The Morgan fingerprint density at radius 1 is 0.714 bits per heavy atom. The molecule has 0 aliphatic carbocycles. The molecule has 1 atom stereocenters. The van der Waals surface area contributed by atoms with Crippen molar-refractivity contribution in [2.24, 2.45) is 0 Å². The van der Waals surface area contributed by atoms with Crippen LogP contribution in [-0.4, -0.2) is 37.0 Å². The van der Waals surface area contributed by atoms with Crippen molar-refractivity contribution < 1.29 is 19.4 Å². The first-order chi connectivity index (χ1) is 17.2. The summed E-state index contributed by atoms with van der Waals surface area (Å²) in [5, 5.41) is 9.45. The van der Waals surface area contributed by atoms with E-state index in [2.05, 4.69) is 62.5 Å². The molecule has 35 heavy (non-hydrogen) atoms. The van der Waals surface area contributed by atoms with Gasteiger partial charge in [-0.15, -0.1) is 0 Å². The molecule has 0 fully saturated rings. The fourth-order valence-corrected chi connectivity index (χ4v) is 3.56. The highest BCUT2D eigenvalue weighted by atomic mass is 16.6. The SMILES string of the molecule is CC/C=C\C/C=C\C/C=C\C/C=C\CCCOCC(CO)OC(=O)CCCCCCCCCCC. The van der Waals surface area contributed by atoms with Gasteiger partial charge < -0.3 is 14.6 Å². The third-order valence-electron chi connectivity index (χ3n) is 5.67. The molecule has 0 aliphatic heterocycles. The number of esters is 1. The number of unbranched alkanes of at least 4 members (excludes halogenated alkanes) is 9. The lowest BCUT2D eigenvalue weighted by Crippen LogP contribution is -2.27. The minimum Gasteiger partial charge on any atom is -0.457 e. The molecule has 1 N–H and O–H groups in total. The highest BCUT2D eigenvalue weighted by Crippen LogP contribution is 2.11. The second-order valence-corrected chi connectivity index (χ2v) is 9.09. The molecule has 0 aliphatic rings. The fourth-order valence-electron chi connectivity index (χ4n) is 3.56. The van der Waals surface area contributed by atoms with Crippen molar-refractivity contribution in [3.05, 3.63) is 48.6 Å². The molecule has 202 valence electrons. The van der Waals surface area contributed by atoms with Gasteiger partial charge in [-0.05, 0) is 44.9 Å². The van der Waals surface area contributed by atoms with Gasteiger partial charge in [-0.1, -0.05) is 114 Å². The third-order valence-corrected chi connectivity index (χ3v) is 5.67. The van der Waals surface area contributed by atoms with Crippen LogP contribution in [0.25, 0.3) is 0 Å². The maximum Gasteiger partial charge on any atom is 0.306 e. The normalized spacial score (nSPS) is 13.1. The Morgan fingerprint density at radius 2 is 1.26 bits per heavy atom. The molecular formula is C31H54O4. The Hall–Kier alpha value is -1.65. The van der Waals surface area contributed by atoms with E-state index in [0.717, 1.165) is 51.4 Å². The first kappa shape index (κ1) is 33.4. The number of carbonyl (C=O) groups excluding carboxylic acids is 1. The Balaban J connectivity index is 3.60. The molecule has 0 rings (SSSR count). The van der Waals surface area contributed by atoms with Gasteiger partial charge in [0.15, 0.2) is 0 Å². The van der Waals surface area contributed by atoms with Gasteiger partial charge in [0.05, 0.1) is 13.2 Å². The Labute approximate surface area is 216 Å². The highest BCUT2D eigenvalue weighted by molar-refractivity contribution is 5.69. The Bertz CT molecular complexity index is 562. The van der Waals surface area contributed by atoms with Crippen molar-refractivity contribution in [3.63, 3.8) is 0 Å². The molecule has 0 saturated carbocycles. The summed E-state index contributed by atoms with van der Waals surface area (Å²) in [5.74, 6) is -0.226. The Morgan fingerprint density at radius 3 is 1.83 bits per heavy atom. The quantitative estimate of drug-likeness (QED) is 0.0792. The number of rotatable bonds is 25. The van der Waals surface area contributed by atoms with Crippen LogP contribution >= 0.6 is 0 Å². The van der Waals surface area contributed by atoms with E-state index in [0.29, 0.717) is 13.0 Å². The van der Waals surface area contributed by atoms with Crippen molar-refractivity contribution in [2.45, 2.75) is 123 Å². The number of carbonyl (C=O) groups is 1. The van der Waals surface area contributed by atoms with E-state index in [1.54, 1.807) is 0 Å². The first-order valence-corrected chi connectivity index (χ1v) is 14.2. The molecule has 4 nitrogen and oxygen atoms in total.